The summed E-state index contributed by atoms with van der Waals surface area (Å²) in [4.78, 5) is 8.85. The highest BCUT2D eigenvalue weighted by atomic mass is 19.4. The van der Waals surface area contributed by atoms with Crippen molar-refractivity contribution in [2.45, 2.75) is 12.6 Å². The van der Waals surface area contributed by atoms with Crippen molar-refractivity contribution in [3.8, 4) is 11.6 Å². The van der Waals surface area contributed by atoms with Crippen molar-refractivity contribution >= 4 is 22.3 Å². The van der Waals surface area contributed by atoms with E-state index in [9.17, 15) is 13.2 Å². The van der Waals surface area contributed by atoms with Gasteiger partial charge in [-0.3, -0.25) is 4.40 Å². The summed E-state index contributed by atoms with van der Waals surface area (Å²) >= 11 is 0. The van der Waals surface area contributed by atoms with Crippen LogP contribution in [0.5, 0.6) is 0 Å². The molecule has 7 nitrogen and oxygen atoms in total. The van der Waals surface area contributed by atoms with E-state index in [1.165, 1.54) is 22.7 Å². The van der Waals surface area contributed by atoms with Gasteiger partial charge >= 0.3 is 6.18 Å². The van der Waals surface area contributed by atoms with Crippen molar-refractivity contribution in [1.82, 2.24) is 24.6 Å². The summed E-state index contributed by atoms with van der Waals surface area (Å²) in [6.07, 6.45) is 0.650. The van der Waals surface area contributed by atoms with Gasteiger partial charge in [-0.15, -0.1) is 10.2 Å². The number of hydrogen-bond acceptors (Lipinski definition) is 6. The zero-order chi connectivity index (χ0) is 19.3. The molecule has 0 N–H and O–H groups in total. The van der Waals surface area contributed by atoms with E-state index in [0.717, 1.165) is 12.5 Å². The Kier molecular flexibility index (Phi) is 3.69. The van der Waals surface area contributed by atoms with Crippen molar-refractivity contribution in [3.63, 3.8) is 0 Å². The lowest BCUT2D eigenvalue weighted by Crippen LogP contribution is -2.12. The Morgan fingerprint density at radius 1 is 1.11 bits per heavy atom. The Balaban J connectivity index is 1.81. The second kappa shape index (κ2) is 6.13. The third-order valence-corrected chi connectivity index (χ3v) is 4.52. The van der Waals surface area contributed by atoms with Crippen molar-refractivity contribution in [2.75, 3.05) is 13.2 Å². The van der Waals surface area contributed by atoms with Gasteiger partial charge in [-0.1, -0.05) is 6.08 Å². The highest BCUT2D eigenvalue weighted by Crippen LogP contribution is 2.36. The third-order valence-electron chi connectivity index (χ3n) is 4.52. The van der Waals surface area contributed by atoms with Crippen LogP contribution in [0, 0.1) is 0 Å². The van der Waals surface area contributed by atoms with E-state index >= 15 is 0 Å². The molecule has 4 aromatic rings. The molecule has 5 rings (SSSR count). The van der Waals surface area contributed by atoms with Crippen LogP contribution in [-0.2, 0) is 10.9 Å². The van der Waals surface area contributed by atoms with Gasteiger partial charge in [0.2, 0.25) is 6.39 Å². The predicted octanol–water partition coefficient (Wildman–Crippen LogP) is 3.76. The lowest BCUT2D eigenvalue weighted by Gasteiger charge is -2.17. The van der Waals surface area contributed by atoms with E-state index in [1.807, 2.05) is 6.08 Å². The number of hydrogen-bond donors (Lipinski definition) is 0. The smallest absolute Gasteiger partial charge is 0.417 e. The van der Waals surface area contributed by atoms with Crippen molar-refractivity contribution in [2.24, 2.45) is 0 Å². The van der Waals surface area contributed by atoms with Crippen molar-refractivity contribution in [1.29, 1.82) is 0 Å². The third kappa shape index (κ3) is 2.73. The van der Waals surface area contributed by atoms with Gasteiger partial charge in [0.05, 0.1) is 24.5 Å². The fourth-order valence-electron chi connectivity index (χ4n) is 3.25. The number of ether oxygens (including phenoxy) is 1. The molecule has 28 heavy (non-hydrogen) atoms. The minimum Gasteiger partial charge on any atom is -0.422 e. The van der Waals surface area contributed by atoms with Crippen LogP contribution in [0.3, 0.4) is 0 Å². The Morgan fingerprint density at radius 3 is 2.71 bits per heavy atom. The van der Waals surface area contributed by atoms with Gasteiger partial charge < -0.3 is 9.15 Å². The number of halogens is 3. The second-order valence-electron chi connectivity index (χ2n) is 6.29. The number of fused-ring (bicyclic) bond motifs is 3. The summed E-state index contributed by atoms with van der Waals surface area (Å²) in [5.74, 6) is 0.174. The second-order valence-corrected chi connectivity index (χ2v) is 6.29. The first-order valence-electron chi connectivity index (χ1n) is 8.44. The first kappa shape index (κ1) is 16.9. The average Bonchev–Trinajstić information content (AvgIpc) is 3.36. The summed E-state index contributed by atoms with van der Waals surface area (Å²) < 4.78 is 53.3. The maximum atomic E-state index is 13.8. The van der Waals surface area contributed by atoms with Gasteiger partial charge in [-0.05, 0) is 30.2 Å². The van der Waals surface area contributed by atoms with Gasteiger partial charge in [-0.2, -0.15) is 13.2 Å². The van der Waals surface area contributed by atoms with Crippen molar-refractivity contribution < 1.29 is 22.3 Å². The fraction of sp³-hybridized carbons (Fsp3) is 0.222. The lowest BCUT2D eigenvalue weighted by molar-refractivity contribution is -0.136. The first-order valence-corrected chi connectivity index (χ1v) is 8.44. The summed E-state index contributed by atoms with van der Waals surface area (Å²) in [6.45, 7) is 0.769. The minimum absolute atomic E-state index is 0.0180. The molecule has 142 valence electrons. The summed E-state index contributed by atoms with van der Waals surface area (Å²) in [6, 6.07) is 3.95. The molecule has 0 radical (unpaired) electrons. The van der Waals surface area contributed by atoms with E-state index in [1.54, 1.807) is 0 Å². The molecule has 0 atom stereocenters. The number of imidazole rings is 1. The van der Waals surface area contributed by atoms with Crippen LogP contribution in [0.4, 0.5) is 13.2 Å². The van der Waals surface area contributed by atoms with Crippen LogP contribution in [0.15, 0.2) is 41.3 Å². The standard InChI is InChI=1S/C18H12F3N5O2/c19-18(20,21)12-6-13(10-2-1-5-27-8-10)24-16-11(12)3-4-15-23-14(7-26(15)16)17-25-22-9-28-17/h2-4,6-7,9H,1,5,8H2. The molecular formula is C18H12F3N5O2. The van der Waals surface area contributed by atoms with Crippen LogP contribution in [0.2, 0.25) is 0 Å². The molecular weight excluding hydrogens is 375 g/mol. The van der Waals surface area contributed by atoms with Crippen LogP contribution in [0.25, 0.3) is 33.8 Å². The Bertz CT molecular complexity index is 1210. The molecule has 0 aliphatic carbocycles. The SMILES string of the molecule is FC(F)(F)c1cc(C2=CCCOC2)nc2c1ccc1nc(-c3nnco3)cn12. The number of rotatable bonds is 2. The topological polar surface area (TPSA) is 78.3 Å². The van der Waals surface area contributed by atoms with Gasteiger partial charge in [0.1, 0.15) is 17.0 Å². The van der Waals surface area contributed by atoms with Crippen LogP contribution >= 0.6 is 0 Å². The summed E-state index contributed by atoms with van der Waals surface area (Å²) in [5.41, 5.74) is 1.03. The van der Waals surface area contributed by atoms with E-state index in [2.05, 4.69) is 20.2 Å². The zero-order valence-corrected chi connectivity index (χ0v) is 14.3. The quantitative estimate of drug-likeness (QED) is 0.521. The van der Waals surface area contributed by atoms with Crippen LogP contribution < -0.4 is 0 Å². The monoisotopic (exact) mass is 387 g/mol. The van der Waals surface area contributed by atoms with Crippen molar-refractivity contribution in [3.05, 3.63) is 48.1 Å². The molecule has 0 fully saturated rings. The number of pyridine rings is 2. The number of alkyl halides is 3. The van der Waals surface area contributed by atoms with Gasteiger partial charge in [0, 0.05) is 11.6 Å². The molecule has 0 aromatic carbocycles. The Morgan fingerprint density at radius 2 is 2.00 bits per heavy atom. The first-order chi connectivity index (χ1) is 13.5. The molecule has 1 aliphatic heterocycles. The van der Waals surface area contributed by atoms with Gasteiger partial charge in [-0.25, -0.2) is 9.97 Å². The Labute approximate surface area is 155 Å². The zero-order valence-electron chi connectivity index (χ0n) is 14.3. The molecule has 5 heterocycles. The van der Waals surface area contributed by atoms with E-state index in [-0.39, 0.29) is 29.2 Å². The highest BCUT2D eigenvalue weighted by molar-refractivity contribution is 5.85. The molecule has 0 amide bonds. The van der Waals surface area contributed by atoms with Gasteiger partial charge in [0.15, 0.2) is 0 Å². The predicted molar refractivity (Wildman–Crippen MR) is 92.2 cm³/mol. The molecule has 4 aromatic heterocycles. The lowest BCUT2D eigenvalue weighted by atomic mass is 10.0. The molecule has 0 spiro atoms. The molecule has 0 saturated carbocycles. The molecule has 10 heteroatoms. The number of nitrogens with zero attached hydrogens (tertiary/aromatic N) is 5. The number of aromatic nitrogens is 5. The normalized spacial score (nSPS) is 15.3. The van der Waals surface area contributed by atoms with Gasteiger partial charge in [0.25, 0.3) is 5.89 Å². The van der Waals surface area contributed by atoms with E-state index in [0.29, 0.717) is 29.9 Å². The fourth-order valence-corrected chi connectivity index (χ4v) is 3.25. The molecule has 0 bridgehead atoms. The molecule has 0 saturated heterocycles. The highest BCUT2D eigenvalue weighted by Gasteiger charge is 2.34. The maximum Gasteiger partial charge on any atom is 0.417 e. The maximum absolute atomic E-state index is 13.8. The summed E-state index contributed by atoms with van der Waals surface area (Å²) in [7, 11) is 0. The largest absolute Gasteiger partial charge is 0.422 e. The van der Waals surface area contributed by atoms with Crippen LogP contribution in [-0.4, -0.2) is 37.8 Å². The summed E-state index contributed by atoms with van der Waals surface area (Å²) in [5, 5.41) is 7.37. The average molecular weight is 387 g/mol. The van der Waals surface area contributed by atoms with E-state index < -0.39 is 11.7 Å². The minimum atomic E-state index is -4.53. The molecule has 1 aliphatic rings. The van der Waals surface area contributed by atoms with Crippen LogP contribution in [0.1, 0.15) is 17.7 Å². The van der Waals surface area contributed by atoms with E-state index in [4.69, 9.17) is 9.15 Å². The molecule has 0 unspecified atom stereocenters. The Hall–Kier alpha value is -3.27.